The van der Waals surface area contributed by atoms with Crippen LogP contribution in [0.1, 0.15) is 5.56 Å². The van der Waals surface area contributed by atoms with Gasteiger partial charge in [-0.3, -0.25) is 4.98 Å². The molecule has 2 aromatic carbocycles. The molecule has 0 unspecified atom stereocenters. The highest BCUT2D eigenvalue weighted by Gasteiger charge is 2.14. The topological polar surface area (TPSA) is 90.7 Å². The van der Waals surface area contributed by atoms with Crippen LogP contribution in [0.5, 0.6) is 0 Å². The molecule has 132 valence electrons. The Kier molecular flexibility index (Phi) is 4.45. The Morgan fingerprint density at radius 1 is 0.889 bits per heavy atom. The summed E-state index contributed by atoms with van der Waals surface area (Å²) in [5, 5.41) is 8.22. The number of benzene rings is 2. The van der Waals surface area contributed by atoms with Crippen molar-refractivity contribution in [1.82, 2.24) is 20.2 Å². The van der Waals surface area contributed by atoms with Gasteiger partial charge >= 0.3 is 0 Å². The molecule has 0 fully saturated rings. The molecule has 4 aromatic rings. The van der Waals surface area contributed by atoms with E-state index < -0.39 is 0 Å². The molecule has 0 aliphatic carbocycles. The fourth-order valence-corrected chi connectivity index (χ4v) is 2.79. The summed E-state index contributed by atoms with van der Waals surface area (Å²) in [4.78, 5) is 8.95. The zero-order valence-electron chi connectivity index (χ0n) is 14.5. The molecule has 0 bridgehead atoms. The third kappa shape index (κ3) is 3.59. The molecular formula is C21H17N5O. The van der Waals surface area contributed by atoms with Crippen LogP contribution in [0.25, 0.3) is 34.3 Å². The van der Waals surface area contributed by atoms with Crippen molar-refractivity contribution in [3.63, 3.8) is 0 Å². The van der Waals surface area contributed by atoms with Gasteiger partial charge in [-0.05, 0) is 17.7 Å². The van der Waals surface area contributed by atoms with Crippen molar-refractivity contribution in [2.45, 2.75) is 6.42 Å². The summed E-state index contributed by atoms with van der Waals surface area (Å²) in [5.74, 6) is 0.765. The molecule has 27 heavy (non-hydrogen) atoms. The molecule has 0 saturated heterocycles. The molecule has 0 amide bonds. The van der Waals surface area contributed by atoms with Gasteiger partial charge in [0.1, 0.15) is 5.69 Å². The molecule has 4 rings (SSSR count). The number of aromatic nitrogens is 4. The number of hydrogen-bond donors (Lipinski definition) is 1. The minimum absolute atomic E-state index is 0.323. The average Bonchev–Trinajstić information content (AvgIpc) is 3.19. The minimum atomic E-state index is 0.323. The van der Waals surface area contributed by atoms with Crippen LogP contribution in [0.4, 0.5) is 0 Å². The first-order valence-corrected chi connectivity index (χ1v) is 8.43. The predicted octanol–water partition coefficient (Wildman–Crippen LogP) is 3.88. The Morgan fingerprint density at radius 3 is 2.41 bits per heavy atom. The number of nitrogens with zero attached hydrogens (tertiary/aromatic N) is 4. The first-order chi connectivity index (χ1) is 13.2. The van der Waals surface area contributed by atoms with E-state index in [0.29, 0.717) is 35.3 Å². The van der Waals surface area contributed by atoms with Gasteiger partial charge in [0.05, 0.1) is 18.1 Å². The number of allylic oxidation sites excluding steroid dienone is 1. The van der Waals surface area contributed by atoms with E-state index in [9.17, 15) is 0 Å². The fraction of sp³-hybridized carbons (Fsp3) is 0.0476. The number of rotatable bonds is 5. The quantitative estimate of drug-likeness (QED) is 0.584. The van der Waals surface area contributed by atoms with Crippen LogP contribution in [0.2, 0.25) is 0 Å². The van der Waals surface area contributed by atoms with Crippen molar-refractivity contribution < 1.29 is 4.42 Å². The van der Waals surface area contributed by atoms with Crippen LogP contribution in [-0.4, -0.2) is 20.2 Å². The zero-order valence-corrected chi connectivity index (χ0v) is 14.5. The summed E-state index contributed by atoms with van der Waals surface area (Å²) in [5.41, 5.74) is 10.4. The summed E-state index contributed by atoms with van der Waals surface area (Å²) in [6, 6.07) is 17.5. The summed E-state index contributed by atoms with van der Waals surface area (Å²) >= 11 is 0. The van der Waals surface area contributed by atoms with Gasteiger partial charge in [0.25, 0.3) is 5.89 Å². The normalized spacial score (nSPS) is 10.7. The minimum Gasteiger partial charge on any atom is -0.415 e. The second-order valence-corrected chi connectivity index (χ2v) is 6.06. The SMILES string of the molecule is C=C(N)Cc1ccccc1-c1cncc(-c2nnc(-c3ccccc3)o2)n1. The van der Waals surface area contributed by atoms with E-state index in [0.717, 1.165) is 16.7 Å². The second-order valence-electron chi connectivity index (χ2n) is 6.06. The smallest absolute Gasteiger partial charge is 0.268 e. The Balaban J connectivity index is 1.70. The van der Waals surface area contributed by atoms with Crippen molar-refractivity contribution in [2.75, 3.05) is 0 Å². The summed E-state index contributed by atoms with van der Waals surface area (Å²) in [7, 11) is 0. The lowest BCUT2D eigenvalue weighted by atomic mass is 10.0. The van der Waals surface area contributed by atoms with Gasteiger partial charge in [0.2, 0.25) is 5.89 Å². The molecule has 0 saturated carbocycles. The summed E-state index contributed by atoms with van der Waals surface area (Å²) < 4.78 is 5.78. The lowest BCUT2D eigenvalue weighted by Crippen LogP contribution is -2.01. The Hall–Kier alpha value is -3.80. The first kappa shape index (κ1) is 16.7. The van der Waals surface area contributed by atoms with E-state index >= 15 is 0 Å². The van der Waals surface area contributed by atoms with Crippen LogP contribution in [0.3, 0.4) is 0 Å². The average molecular weight is 355 g/mol. The van der Waals surface area contributed by atoms with Gasteiger partial charge in [-0.15, -0.1) is 10.2 Å². The maximum Gasteiger partial charge on any atom is 0.268 e. The van der Waals surface area contributed by atoms with E-state index in [1.807, 2.05) is 54.6 Å². The Labute approximate surface area is 156 Å². The van der Waals surface area contributed by atoms with Gasteiger partial charge in [-0.25, -0.2) is 4.98 Å². The maximum absolute atomic E-state index is 5.79. The van der Waals surface area contributed by atoms with E-state index in [-0.39, 0.29) is 0 Å². The lowest BCUT2D eigenvalue weighted by molar-refractivity contribution is 0.582. The molecule has 0 atom stereocenters. The first-order valence-electron chi connectivity index (χ1n) is 8.43. The van der Waals surface area contributed by atoms with E-state index in [4.69, 9.17) is 10.2 Å². The van der Waals surface area contributed by atoms with E-state index in [1.165, 1.54) is 0 Å². The van der Waals surface area contributed by atoms with Crippen LogP contribution in [-0.2, 0) is 6.42 Å². The van der Waals surface area contributed by atoms with E-state index in [2.05, 4.69) is 26.7 Å². The summed E-state index contributed by atoms with van der Waals surface area (Å²) in [6.45, 7) is 3.79. The van der Waals surface area contributed by atoms with Gasteiger partial charge < -0.3 is 10.2 Å². The summed E-state index contributed by atoms with van der Waals surface area (Å²) in [6.07, 6.45) is 3.88. The molecule has 0 aliphatic heterocycles. The molecule has 0 aliphatic rings. The molecule has 0 radical (unpaired) electrons. The highest BCUT2D eigenvalue weighted by atomic mass is 16.4. The Morgan fingerprint density at radius 2 is 1.59 bits per heavy atom. The fourth-order valence-electron chi connectivity index (χ4n) is 2.79. The molecule has 2 N–H and O–H groups in total. The molecule has 0 spiro atoms. The van der Waals surface area contributed by atoms with Crippen LogP contribution >= 0.6 is 0 Å². The molecule has 2 heterocycles. The predicted molar refractivity (Wildman–Crippen MR) is 103 cm³/mol. The number of hydrogen-bond acceptors (Lipinski definition) is 6. The van der Waals surface area contributed by atoms with Gasteiger partial charge in [0.15, 0.2) is 0 Å². The second kappa shape index (κ2) is 7.21. The Bertz CT molecular complexity index is 1090. The van der Waals surface area contributed by atoms with Crippen LogP contribution in [0.15, 0.2) is 83.7 Å². The largest absolute Gasteiger partial charge is 0.415 e. The van der Waals surface area contributed by atoms with Crippen LogP contribution in [0, 0.1) is 0 Å². The van der Waals surface area contributed by atoms with Gasteiger partial charge in [-0.2, -0.15) is 0 Å². The van der Waals surface area contributed by atoms with E-state index in [1.54, 1.807) is 12.4 Å². The zero-order chi connectivity index (χ0) is 18.6. The highest BCUT2D eigenvalue weighted by Crippen LogP contribution is 2.26. The lowest BCUT2D eigenvalue weighted by Gasteiger charge is -2.09. The number of nitrogens with two attached hydrogens (primary N) is 1. The molecule has 6 heteroatoms. The third-order valence-electron chi connectivity index (χ3n) is 4.01. The third-order valence-corrected chi connectivity index (χ3v) is 4.01. The molecular weight excluding hydrogens is 338 g/mol. The van der Waals surface area contributed by atoms with Crippen LogP contribution < -0.4 is 5.73 Å². The van der Waals surface area contributed by atoms with Crippen molar-refractivity contribution in [2.24, 2.45) is 5.73 Å². The highest BCUT2D eigenvalue weighted by molar-refractivity contribution is 5.65. The molecule has 6 nitrogen and oxygen atoms in total. The monoisotopic (exact) mass is 355 g/mol. The van der Waals surface area contributed by atoms with Crippen molar-refractivity contribution >= 4 is 0 Å². The molecule has 2 aromatic heterocycles. The standard InChI is InChI=1S/C21H17N5O/c1-14(22)11-16-9-5-6-10-17(16)18-12-23-13-19(24-18)21-26-25-20(27-21)15-7-3-2-4-8-15/h2-10,12-13H,1,11,22H2. The van der Waals surface area contributed by atoms with Gasteiger partial charge in [-0.1, -0.05) is 49.0 Å². The van der Waals surface area contributed by atoms with Crippen molar-refractivity contribution in [3.8, 4) is 34.3 Å². The maximum atomic E-state index is 5.79. The van der Waals surface area contributed by atoms with Crippen molar-refractivity contribution in [1.29, 1.82) is 0 Å². The van der Waals surface area contributed by atoms with Crippen molar-refractivity contribution in [3.05, 3.63) is 84.8 Å². The van der Waals surface area contributed by atoms with Gasteiger partial charge in [0, 0.05) is 23.2 Å².